The Hall–Kier alpha value is -1.84. The van der Waals surface area contributed by atoms with Crippen LogP contribution in [0.25, 0.3) is 0 Å². The van der Waals surface area contributed by atoms with Crippen LogP contribution in [0.2, 0.25) is 0 Å². The van der Waals surface area contributed by atoms with Crippen LogP contribution in [0.15, 0.2) is 18.2 Å². The minimum Gasteiger partial charge on any atom is -0.487 e. The van der Waals surface area contributed by atoms with Crippen molar-refractivity contribution in [2.75, 3.05) is 19.7 Å². The van der Waals surface area contributed by atoms with Gasteiger partial charge in [-0.2, -0.15) is 13.2 Å². The van der Waals surface area contributed by atoms with Gasteiger partial charge in [0.15, 0.2) is 0 Å². The number of nitrogens with two attached hydrogens (primary N) is 1. The maximum atomic E-state index is 13.1. The standard InChI is InChI=1S/C25H35F3N2O4/c1-15(18-12-24(29,13-18)14-33-16(2)31)22(32)30-8-6-19(7-9-30)23(3)11-17-4-5-20(25(26,27)28)10-21(17)34-23/h4-5,10,15,18-19,22,32H,6-9,11-14,29H2,1-3H3/t15?,18-,22?,23?,24+. The van der Waals surface area contributed by atoms with E-state index in [0.717, 1.165) is 30.5 Å². The highest BCUT2D eigenvalue weighted by atomic mass is 19.4. The van der Waals surface area contributed by atoms with Crippen LogP contribution in [0.5, 0.6) is 5.75 Å². The Bertz CT molecular complexity index is 910. The van der Waals surface area contributed by atoms with Crippen LogP contribution in [-0.2, 0) is 22.1 Å². The molecule has 2 heterocycles. The first kappa shape index (κ1) is 25.3. The number of nitrogens with zero attached hydrogens (tertiary/aromatic N) is 1. The Morgan fingerprint density at radius 3 is 2.56 bits per heavy atom. The molecule has 3 N–H and O–H groups in total. The number of hydrogen-bond acceptors (Lipinski definition) is 6. The molecular formula is C25H35F3N2O4. The molecule has 3 unspecified atom stereocenters. The van der Waals surface area contributed by atoms with Crippen molar-refractivity contribution < 1.29 is 32.5 Å². The van der Waals surface area contributed by atoms with E-state index in [1.165, 1.54) is 13.0 Å². The fourth-order valence-electron chi connectivity index (χ4n) is 5.94. The summed E-state index contributed by atoms with van der Waals surface area (Å²) in [7, 11) is 0. The zero-order valence-corrected chi connectivity index (χ0v) is 20.0. The van der Waals surface area contributed by atoms with E-state index in [-0.39, 0.29) is 30.3 Å². The number of carbonyl (C=O) groups is 1. The molecule has 1 aliphatic carbocycles. The van der Waals surface area contributed by atoms with Crippen LogP contribution in [0.1, 0.15) is 57.6 Å². The summed E-state index contributed by atoms with van der Waals surface area (Å²) in [6.45, 7) is 6.99. The van der Waals surface area contributed by atoms with Gasteiger partial charge < -0.3 is 20.3 Å². The van der Waals surface area contributed by atoms with Gasteiger partial charge in [-0.1, -0.05) is 13.0 Å². The molecule has 1 aromatic rings. The Morgan fingerprint density at radius 2 is 1.97 bits per heavy atom. The molecule has 1 saturated carbocycles. The Labute approximate surface area is 198 Å². The second-order valence-electron chi connectivity index (χ2n) is 10.8. The van der Waals surface area contributed by atoms with Crippen molar-refractivity contribution in [3.63, 3.8) is 0 Å². The van der Waals surface area contributed by atoms with Crippen LogP contribution in [0, 0.1) is 17.8 Å². The number of benzene rings is 1. The summed E-state index contributed by atoms with van der Waals surface area (Å²) in [6, 6.07) is 3.76. The molecule has 0 radical (unpaired) electrons. The number of hydrogen-bond donors (Lipinski definition) is 2. The van der Waals surface area contributed by atoms with Crippen LogP contribution >= 0.6 is 0 Å². The lowest BCUT2D eigenvalue weighted by molar-refractivity contribution is -0.146. The fraction of sp³-hybridized carbons (Fsp3) is 0.720. The number of piperidine rings is 1. The summed E-state index contributed by atoms with van der Waals surface area (Å²) in [5, 5.41) is 11.0. The zero-order chi connectivity index (χ0) is 24.9. The van der Waals surface area contributed by atoms with Gasteiger partial charge in [-0.3, -0.25) is 9.69 Å². The third-order valence-electron chi connectivity index (χ3n) is 8.16. The minimum atomic E-state index is -4.39. The maximum absolute atomic E-state index is 13.1. The molecule has 4 rings (SSSR count). The molecule has 2 aliphatic heterocycles. The van der Waals surface area contributed by atoms with Crippen molar-refractivity contribution in [3.05, 3.63) is 29.3 Å². The number of esters is 1. The van der Waals surface area contributed by atoms with Crippen LogP contribution in [0.4, 0.5) is 13.2 Å². The van der Waals surface area contributed by atoms with E-state index in [1.807, 2.05) is 13.8 Å². The highest BCUT2D eigenvalue weighted by Crippen LogP contribution is 2.46. The molecule has 0 amide bonds. The van der Waals surface area contributed by atoms with Gasteiger partial charge in [0.1, 0.15) is 24.2 Å². The molecule has 0 spiro atoms. The maximum Gasteiger partial charge on any atom is 0.416 e. The number of alkyl halides is 3. The van der Waals surface area contributed by atoms with Crippen LogP contribution in [0.3, 0.4) is 0 Å². The highest BCUT2D eigenvalue weighted by Gasteiger charge is 2.48. The second kappa shape index (κ2) is 8.99. The zero-order valence-electron chi connectivity index (χ0n) is 20.0. The largest absolute Gasteiger partial charge is 0.487 e. The summed E-state index contributed by atoms with van der Waals surface area (Å²) >= 11 is 0. The number of likely N-dealkylation sites (tertiary alicyclic amines) is 1. The van der Waals surface area contributed by atoms with Gasteiger partial charge in [-0.05, 0) is 62.1 Å². The minimum absolute atomic E-state index is 0.0360. The fourth-order valence-corrected chi connectivity index (χ4v) is 5.94. The van der Waals surface area contributed by atoms with Gasteiger partial charge in [0.25, 0.3) is 0 Å². The monoisotopic (exact) mass is 484 g/mol. The Kier molecular flexibility index (Phi) is 6.68. The summed E-state index contributed by atoms with van der Waals surface area (Å²) in [4.78, 5) is 13.1. The van der Waals surface area contributed by atoms with Crippen molar-refractivity contribution in [1.82, 2.24) is 4.90 Å². The third kappa shape index (κ3) is 5.06. The number of fused-ring (bicyclic) bond motifs is 1. The number of aliphatic hydroxyl groups is 1. The molecule has 0 bridgehead atoms. The van der Waals surface area contributed by atoms with E-state index in [0.29, 0.717) is 38.1 Å². The quantitative estimate of drug-likeness (QED) is 0.599. The first-order chi connectivity index (χ1) is 15.8. The number of rotatable bonds is 6. The van der Waals surface area contributed by atoms with Crippen LogP contribution in [-0.4, -0.2) is 53.0 Å². The van der Waals surface area contributed by atoms with E-state index in [2.05, 4.69) is 4.90 Å². The van der Waals surface area contributed by atoms with E-state index >= 15 is 0 Å². The van der Waals surface area contributed by atoms with Crippen molar-refractivity contribution in [2.45, 2.75) is 76.4 Å². The normalized spacial score (nSPS) is 31.8. The van der Waals surface area contributed by atoms with Crippen molar-refractivity contribution in [2.24, 2.45) is 23.5 Å². The van der Waals surface area contributed by atoms with E-state index < -0.39 is 29.1 Å². The molecule has 1 aromatic carbocycles. The Morgan fingerprint density at radius 1 is 1.32 bits per heavy atom. The average Bonchev–Trinajstić information content (AvgIpc) is 3.11. The topological polar surface area (TPSA) is 85.0 Å². The lowest BCUT2D eigenvalue weighted by Gasteiger charge is -2.50. The molecule has 3 aliphatic rings. The van der Waals surface area contributed by atoms with Crippen molar-refractivity contribution in [1.29, 1.82) is 0 Å². The van der Waals surface area contributed by atoms with Gasteiger partial charge in [-0.25, -0.2) is 0 Å². The summed E-state index contributed by atoms with van der Waals surface area (Å²) in [5.41, 5.74) is 5.36. The summed E-state index contributed by atoms with van der Waals surface area (Å²) in [6.07, 6.45) is -1.37. The molecular weight excluding hydrogens is 449 g/mol. The first-order valence-corrected chi connectivity index (χ1v) is 12.0. The van der Waals surface area contributed by atoms with Crippen LogP contribution < -0.4 is 10.5 Å². The molecule has 1 saturated heterocycles. The number of ether oxygens (including phenoxy) is 2. The second-order valence-corrected chi connectivity index (χ2v) is 10.8. The smallest absolute Gasteiger partial charge is 0.416 e. The van der Waals surface area contributed by atoms with Gasteiger partial charge in [0.05, 0.1) is 11.1 Å². The predicted octanol–water partition coefficient (Wildman–Crippen LogP) is 3.74. The molecule has 6 nitrogen and oxygen atoms in total. The number of carbonyl (C=O) groups excluding carboxylic acids is 1. The SMILES string of the molecule is CC(=O)OC[C@]1(N)C[C@@H](C(C)C(O)N2CCC(C3(C)Cc4ccc(C(F)(F)F)cc4O3)CC2)C1. The molecule has 190 valence electrons. The van der Waals surface area contributed by atoms with E-state index in [1.54, 1.807) is 0 Å². The van der Waals surface area contributed by atoms with Gasteiger partial charge >= 0.3 is 12.1 Å². The number of aliphatic hydroxyl groups excluding tert-OH is 1. The Balaban J connectivity index is 1.29. The molecule has 9 heteroatoms. The summed E-state index contributed by atoms with van der Waals surface area (Å²) < 4.78 is 50.4. The number of halogens is 3. The molecule has 2 fully saturated rings. The van der Waals surface area contributed by atoms with Crippen molar-refractivity contribution in [3.8, 4) is 5.75 Å². The third-order valence-corrected chi connectivity index (χ3v) is 8.16. The first-order valence-electron chi connectivity index (χ1n) is 12.0. The van der Waals surface area contributed by atoms with Gasteiger partial charge in [0, 0.05) is 32.4 Å². The molecule has 34 heavy (non-hydrogen) atoms. The lowest BCUT2D eigenvalue weighted by Crippen LogP contribution is -2.59. The van der Waals surface area contributed by atoms with Gasteiger partial charge in [-0.15, -0.1) is 0 Å². The van der Waals surface area contributed by atoms with Gasteiger partial charge in [0.2, 0.25) is 0 Å². The molecule has 0 aromatic heterocycles. The highest BCUT2D eigenvalue weighted by molar-refractivity contribution is 5.66. The van der Waals surface area contributed by atoms with E-state index in [4.69, 9.17) is 15.2 Å². The predicted molar refractivity (Wildman–Crippen MR) is 120 cm³/mol. The lowest BCUT2D eigenvalue weighted by atomic mass is 9.64. The summed E-state index contributed by atoms with van der Waals surface area (Å²) in [5.74, 6) is 0.484. The average molecular weight is 485 g/mol. The van der Waals surface area contributed by atoms with Crippen molar-refractivity contribution >= 4 is 5.97 Å². The van der Waals surface area contributed by atoms with E-state index in [9.17, 15) is 23.1 Å². The molecule has 3 atom stereocenters.